The summed E-state index contributed by atoms with van der Waals surface area (Å²) in [5, 5.41) is 11.5. The van der Waals surface area contributed by atoms with Crippen molar-refractivity contribution in [2.45, 2.75) is 24.8 Å². The second-order valence-electron chi connectivity index (χ2n) is 7.47. The summed E-state index contributed by atoms with van der Waals surface area (Å²) in [4.78, 5) is 40.3. The SMILES string of the molecule is CN1C(=O)C[C@@H](C(=O)O)C12CCN(C(=O)c1cccc3ccccc13)CC2. The van der Waals surface area contributed by atoms with Crippen molar-refractivity contribution in [3.8, 4) is 0 Å². The molecule has 6 nitrogen and oxygen atoms in total. The van der Waals surface area contributed by atoms with Crippen LogP contribution in [0.1, 0.15) is 29.6 Å². The first-order valence-electron chi connectivity index (χ1n) is 9.20. The molecule has 2 heterocycles. The van der Waals surface area contributed by atoms with E-state index in [1.54, 1.807) is 16.8 Å². The first-order valence-corrected chi connectivity index (χ1v) is 9.20. The van der Waals surface area contributed by atoms with Crippen LogP contribution in [0.15, 0.2) is 42.5 Å². The van der Waals surface area contributed by atoms with E-state index in [9.17, 15) is 19.5 Å². The van der Waals surface area contributed by atoms with Crippen molar-refractivity contribution in [3.05, 3.63) is 48.0 Å². The van der Waals surface area contributed by atoms with Gasteiger partial charge in [-0.2, -0.15) is 0 Å². The van der Waals surface area contributed by atoms with Crippen LogP contribution in [-0.4, -0.2) is 58.4 Å². The van der Waals surface area contributed by atoms with Gasteiger partial charge in [0.25, 0.3) is 5.91 Å². The second kappa shape index (κ2) is 6.37. The highest BCUT2D eigenvalue weighted by molar-refractivity contribution is 6.07. The highest BCUT2D eigenvalue weighted by atomic mass is 16.4. The molecule has 140 valence electrons. The fourth-order valence-electron chi connectivity index (χ4n) is 4.66. The van der Waals surface area contributed by atoms with Crippen LogP contribution in [0.3, 0.4) is 0 Å². The first kappa shape index (κ1) is 17.5. The normalized spacial score (nSPS) is 21.8. The summed E-state index contributed by atoms with van der Waals surface area (Å²) in [6, 6.07) is 13.5. The maximum Gasteiger partial charge on any atom is 0.309 e. The third-order valence-corrected chi connectivity index (χ3v) is 6.30. The largest absolute Gasteiger partial charge is 0.481 e. The third-order valence-electron chi connectivity index (χ3n) is 6.30. The van der Waals surface area contributed by atoms with E-state index in [-0.39, 0.29) is 18.2 Å². The summed E-state index contributed by atoms with van der Waals surface area (Å²) in [6.45, 7) is 0.896. The minimum absolute atomic E-state index is 0.0412. The zero-order valence-corrected chi connectivity index (χ0v) is 15.2. The number of carbonyl (C=O) groups excluding carboxylic acids is 2. The number of carbonyl (C=O) groups is 3. The van der Waals surface area contributed by atoms with Gasteiger partial charge in [-0.1, -0.05) is 36.4 Å². The summed E-state index contributed by atoms with van der Waals surface area (Å²) in [5.41, 5.74) is -0.0203. The predicted molar refractivity (Wildman–Crippen MR) is 100 cm³/mol. The van der Waals surface area contributed by atoms with Gasteiger partial charge < -0.3 is 14.9 Å². The number of hydrogen-bond acceptors (Lipinski definition) is 3. The molecular weight excluding hydrogens is 344 g/mol. The molecule has 2 saturated heterocycles. The predicted octanol–water partition coefficient (Wildman–Crippen LogP) is 2.38. The Kier molecular flexibility index (Phi) is 4.13. The Morgan fingerprint density at radius 3 is 2.44 bits per heavy atom. The number of carboxylic acids is 1. The van der Waals surface area contributed by atoms with Crippen LogP contribution >= 0.6 is 0 Å². The summed E-state index contributed by atoms with van der Waals surface area (Å²) >= 11 is 0. The van der Waals surface area contributed by atoms with E-state index in [0.29, 0.717) is 31.5 Å². The standard InChI is InChI=1S/C21H22N2O4/c1-22-18(24)13-17(20(26)27)21(22)9-11-23(12-10-21)19(25)16-8-4-6-14-5-2-3-7-15(14)16/h2-8,17H,9-13H2,1H3,(H,26,27)/t17-/m0/s1. The molecule has 2 aliphatic heterocycles. The number of likely N-dealkylation sites (tertiary alicyclic amines) is 2. The van der Waals surface area contributed by atoms with Crippen LogP contribution in [0.25, 0.3) is 10.8 Å². The number of amides is 2. The summed E-state index contributed by atoms with van der Waals surface area (Å²) in [7, 11) is 1.69. The number of aliphatic carboxylic acids is 1. The lowest BCUT2D eigenvalue weighted by Gasteiger charge is -2.45. The summed E-state index contributed by atoms with van der Waals surface area (Å²) in [5.74, 6) is -1.80. The minimum Gasteiger partial charge on any atom is -0.481 e. The first-order chi connectivity index (χ1) is 12.9. The number of nitrogens with zero attached hydrogens (tertiary/aromatic N) is 2. The number of piperidine rings is 1. The molecule has 27 heavy (non-hydrogen) atoms. The highest BCUT2D eigenvalue weighted by Crippen LogP contribution is 2.43. The van der Waals surface area contributed by atoms with Crippen LogP contribution in [0.2, 0.25) is 0 Å². The Morgan fingerprint density at radius 1 is 1.07 bits per heavy atom. The van der Waals surface area contributed by atoms with Crippen molar-refractivity contribution < 1.29 is 19.5 Å². The molecule has 1 N–H and O–H groups in total. The van der Waals surface area contributed by atoms with Gasteiger partial charge >= 0.3 is 5.97 Å². The van der Waals surface area contributed by atoms with E-state index in [4.69, 9.17) is 0 Å². The van der Waals surface area contributed by atoms with Crippen molar-refractivity contribution in [1.29, 1.82) is 0 Å². The van der Waals surface area contributed by atoms with E-state index in [0.717, 1.165) is 10.8 Å². The molecule has 2 amide bonds. The van der Waals surface area contributed by atoms with Gasteiger partial charge in [-0.05, 0) is 29.7 Å². The molecule has 2 aromatic rings. The molecule has 0 saturated carbocycles. The lowest BCUT2D eigenvalue weighted by Crippen LogP contribution is -2.56. The Morgan fingerprint density at radius 2 is 1.74 bits per heavy atom. The minimum atomic E-state index is -0.929. The number of rotatable bonds is 2. The molecule has 2 aliphatic rings. The average Bonchev–Trinajstić information content (AvgIpc) is 2.93. The van der Waals surface area contributed by atoms with Crippen molar-refractivity contribution in [2.75, 3.05) is 20.1 Å². The van der Waals surface area contributed by atoms with Crippen molar-refractivity contribution in [3.63, 3.8) is 0 Å². The van der Waals surface area contributed by atoms with Crippen LogP contribution in [-0.2, 0) is 9.59 Å². The van der Waals surface area contributed by atoms with Crippen LogP contribution < -0.4 is 0 Å². The molecule has 2 aromatic carbocycles. The number of fused-ring (bicyclic) bond motifs is 1. The molecule has 6 heteroatoms. The highest BCUT2D eigenvalue weighted by Gasteiger charge is 2.55. The van der Waals surface area contributed by atoms with Crippen LogP contribution in [0.4, 0.5) is 0 Å². The van der Waals surface area contributed by atoms with Crippen LogP contribution in [0.5, 0.6) is 0 Å². The fourth-order valence-corrected chi connectivity index (χ4v) is 4.66. The van der Waals surface area contributed by atoms with Gasteiger partial charge in [-0.15, -0.1) is 0 Å². The zero-order valence-electron chi connectivity index (χ0n) is 15.2. The molecule has 0 bridgehead atoms. The Bertz CT molecular complexity index is 925. The number of benzene rings is 2. The molecule has 1 spiro atoms. The van der Waals surface area contributed by atoms with E-state index < -0.39 is 17.4 Å². The fraction of sp³-hybridized carbons (Fsp3) is 0.381. The maximum absolute atomic E-state index is 13.1. The molecular formula is C21H22N2O4. The molecule has 0 aliphatic carbocycles. The molecule has 0 aromatic heterocycles. The van der Waals surface area contributed by atoms with Gasteiger partial charge in [-0.3, -0.25) is 14.4 Å². The van der Waals surface area contributed by atoms with Crippen molar-refractivity contribution >= 4 is 28.6 Å². The molecule has 0 radical (unpaired) electrons. The van der Waals surface area contributed by atoms with Gasteiger partial charge in [0.1, 0.15) is 0 Å². The molecule has 1 atom stereocenters. The van der Waals surface area contributed by atoms with Gasteiger partial charge in [-0.25, -0.2) is 0 Å². The van der Waals surface area contributed by atoms with E-state index in [2.05, 4.69) is 0 Å². The van der Waals surface area contributed by atoms with Crippen molar-refractivity contribution in [2.24, 2.45) is 5.92 Å². The average molecular weight is 366 g/mol. The second-order valence-corrected chi connectivity index (χ2v) is 7.47. The molecule has 0 unspecified atom stereocenters. The van der Waals surface area contributed by atoms with Crippen molar-refractivity contribution in [1.82, 2.24) is 9.80 Å². The molecule has 4 rings (SSSR count). The maximum atomic E-state index is 13.1. The van der Waals surface area contributed by atoms with Gasteiger partial charge in [0.15, 0.2) is 0 Å². The van der Waals surface area contributed by atoms with Gasteiger partial charge in [0.2, 0.25) is 5.91 Å². The Hall–Kier alpha value is -2.89. The summed E-state index contributed by atoms with van der Waals surface area (Å²) < 4.78 is 0. The van der Waals surface area contributed by atoms with Gasteiger partial charge in [0.05, 0.1) is 11.5 Å². The monoisotopic (exact) mass is 366 g/mol. The lowest BCUT2D eigenvalue weighted by molar-refractivity contribution is -0.145. The van der Waals surface area contributed by atoms with E-state index in [1.807, 2.05) is 42.5 Å². The topological polar surface area (TPSA) is 77.9 Å². The Labute approximate surface area is 157 Å². The summed E-state index contributed by atoms with van der Waals surface area (Å²) in [6.07, 6.45) is 1.02. The Balaban J connectivity index is 1.58. The smallest absolute Gasteiger partial charge is 0.309 e. The lowest BCUT2D eigenvalue weighted by atomic mass is 9.77. The van der Waals surface area contributed by atoms with E-state index >= 15 is 0 Å². The quantitative estimate of drug-likeness (QED) is 0.885. The van der Waals surface area contributed by atoms with E-state index in [1.165, 1.54) is 0 Å². The van der Waals surface area contributed by atoms with Gasteiger partial charge in [0, 0.05) is 32.1 Å². The zero-order chi connectivity index (χ0) is 19.2. The third kappa shape index (κ3) is 2.67. The number of carboxylic acid groups (broad SMARTS) is 1. The molecule has 2 fully saturated rings. The van der Waals surface area contributed by atoms with Crippen LogP contribution in [0, 0.1) is 5.92 Å². The number of hydrogen-bond donors (Lipinski definition) is 1.